The maximum Gasteiger partial charge on any atom is 0.230 e. The second-order valence-electron chi connectivity index (χ2n) is 9.66. The lowest BCUT2D eigenvalue weighted by Gasteiger charge is -2.28. The average Bonchev–Trinajstić information content (AvgIpc) is 3.37. The molecule has 0 amide bonds. The number of anilines is 2. The maximum absolute atomic E-state index is 6.47. The summed E-state index contributed by atoms with van der Waals surface area (Å²) in [6.45, 7) is 11.5. The summed E-state index contributed by atoms with van der Waals surface area (Å²) in [6, 6.07) is 10.7. The van der Waals surface area contributed by atoms with Crippen molar-refractivity contribution in [3.05, 3.63) is 71.5 Å². The zero-order valence-electron chi connectivity index (χ0n) is 23.4. The van der Waals surface area contributed by atoms with E-state index in [0.29, 0.717) is 19.2 Å². The van der Waals surface area contributed by atoms with Crippen molar-refractivity contribution in [3.8, 4) is 0 Å². The van der Waals surface area contributed by atoms with Crippen molar-refractivity contribution in [1.82, 2.24) is 9.97 Å². The van der Waals surface area contributed by atoms with Crippen LogP contribution in [0.4, 0.5) is 11.8 Å². The monoisotopic (exact) mass is 514 g/mol. The fourth-order valence-corrected chi connectivity index (χ4v) is 4.82. The predicted octanol–water partition coefficient (Wildman–Crippen LogP) is 8.02. The molecule has 1 N–H and O–H groups in total. The molecule has 6 heteroatoms. The van der Waals surface area contributed by atoms with Gasteiger partial charge in [0.15, 0.2) is 11.4 Å². The number of unbranched alkanes of at least 4 members (excludes halogenated alkanes) is 2. The molecule has 4 rings (SSSR count). The summed E-state index contributed by atoms with van der Waals surface area (Å²) >= 11 is 0. The van der Waals surface area contributed by atoms with Crippen LogP contribution >= 0.6 is 0 Å². The lowest BCUT2D eigenvalue weighted by atomic mass is 10.00. The highest BCUT2D eigenvalue weighted by Crippen LogP contribution is 2.33. The van der Waals surface area contributed by atoms with Gasteiger partial charge in [0.25, 0.3) is 0 Å². The minimum Gasteiger partial charge on any atom is -0.450 e. The molecule has 0 bridgehead atoms. The Bertz CT molecular complexity index is 1280. The molecule has 38 heavy (non-hydrogen) atoms. The van der Waals surface area contributed by atoms with E-state index in [2.05, 4.69) is 85.6 Å². The largest absolute Gasteiger partial charge is 0.450 e. The van der Waals surface area contributed by atoms with E-state index in [1.807, 2.05) is 6.92 Å². The van der Waals surface area contributed by atoms with E-state index in [1.165, 1.54) is 11.1 Å². The third-order valence-electron chi connectivity index (χ3n) is 6.70. The first-order valence-electron chi connectivity index (χ1n) is 14.2. The molecule has 0 saturated carbocycles. The lowest BCUT2D eigenvalue weighted by Crippen LogP contribution is -2.37. The number of furan rings is 1. The fraction of sp³-hybridized carbons (Fsp3) is 0.438. The molecule has 1 fully saturated rings. The summed E-state index contributed by atoms with van der Waals surface area (Å²) in [5.41, 5.74) is 6.20. The number of allylic oxidation sites excluding steroid dienone is 5. The second-order valence-corrected chi connectivity index (χ2v) is 9.66. The van der Waals surface area contributed by atoms with Gasteiger partial charge in [0.05, 0.1) is 13.2 Å². The SMILES string of the molecule is C/C=C\C(=C/CCCC)c1cc2nc(N/C(=C\CC)c3ccccc3CCC)nc(N3CCOCC3)c2o1. The van der Waals surface area contributed by atoms with Gasteiger partial charge in [-0.05, 0) is 31.7 Å². The number of hydrogen-bond acceptors (Lipinski definition) is 6. The molecule has 6 nitrogen and oxygen atoms in total. The van der Waals surface area contributed by atoms with Crippen LogP contribution in [-0.2, 0) is 11.2 Å². The van der Waals surface area contributed by atoms with Crippen molar-refractivity contribution in [3.63, 3.8) is 0 Å². The fourth-order valence-electron chi connectivity index (χ4n) is 4.82. The Kier molecular flexibility index (Phi) is 10.2. The van der Waals surface area contributed by atoms with Gasteiger partial charge < -0.3 is 19.4 Å². The highest BCUT2D eigenvalue weighted by molar-refractivity contribution is 5.90. The first kappa shape index (κ1) is 27.6. The van der Waals surface area contributed by atoms with E-state index in [-0.39, 0.29) is 0 Å². The van der Waals surface area contributed by atoms with Crippen molar-refractivity contribution in [1.29, 1.82) is 0 Å². The molecule has 2 aromatic heterocycles. The highest BCUT2D eigenvalue weighted by Gasteiger charge is 2.22. The lowest BCUT2D eigenvalue weighted by molar-refractivity contribution is 0.122. The number of hydrogen-bond donors (Lipinski definition) is 1. The summed E-state index contributed by atoms with van der Waals surface area (Å²) in [7, 11) is 0. The normalized spacial score (nSPS) is 15.1. The third-order valence-corrected chi connectivity index (χ3v) is 6.70. The van der Waals surface area contributed by atoms with Gasteiger partial charge in [0, 0.05) is 36.0 Å². The molecule has 3 aromatic rings. The molecular weight excluding hydrogens is 472 g/mol. The summed E-state index contributed by atoms with van der Waals surface area (Å²) in [4.78, 5) is 12.2. The number of aryl methyl sites for hydroxylation is 1. The first-order chi connectivity index (χ1) is 18.7. The van der Waals surface area contributed by atoms with Gasteiger partial charge in [-0.3, -0.25) is 0 Å². The molecule has 202 valence electrons. The molecule has 0 radical (unpaired) electrons. The molecule has 0 aliphatic carbocycles. The highest BCUT2D eigenvalue weighted by atomic mass is 16.5. The predicted molar refractivity (Wildman–Crippen MR) is 159 cm³/mol. The van der Waals surface area contributed by atoms with Crippen LogP contribution in [-0.4, -0.2) is 36.3 Å². The van der Waals surface area contributed by atoms with Crippen molar-refractivity contribution >= 4 is 34.1 Å². The van der Waals surface area contributed by atoms with Gasteiger partial charge in [-0.1, -0.05) is 88.6 Å². The molecule has 0 spiro atoms. The Morgan fingerprint density at radius 2 is 1.87 bits per heavy atom. The molecule has 1 aliphatic heterocycles. The average molecular weight is 515 g/mol. The minimum absolute atomic E-state index is 0.583. The zero-order chi connectivity index (χ0) is 26.7. The minimum atomic E-state index is 0.583. The number of fused-ring (bicyclic) bond motifs is 1. The third kappa shape index (κ3) is 6.73. The molecule has 1 saturated heterocycles. The molecule has 0 unspecified atom stereocenters. The summed E-state index contributed by atoms with van der Waals surface area (Å²) < 4.78 is 12.1. The van der Waals surface area contributed by atoms with Gasteiger partial charge in [-0.15, -0.1) is 0 Å². The van der Waals surface area contributed by atoms with E-state index in [1.54, 1.807) is 0 Å². The molecule has 0 atom stereocenters. The van der Waals surface area contributed by atoms with Crippen LogP contribution in [0.5, 0.6) is 0 Å². The number of rotatable bonds is 12. The number of morpholine rings is 1. The smallest absolute Gasteiger partial charge is 0.230 e. The van der Waals surface area contributed by atoms with Gasteiger partial charge in [0.2, 0.25) is 5.95 Å². The van der Waals surface area contributed by atoms with Crippen molar-refractivity contribution in [2.45, 2.75) is 66.2 Å². The van der Waals surface area contributed by atoms with Crippen LogP contribution in [0, 0.1) is 0 Å². The molecule has 1 aliphatic rings. The number of ether oxygens (including phenoxy) is 1. The van der Waals surface area contributed by atoms with Gasteiger partial charge >= 0.3 is 0 Å². The van der Waals surface area contributed by atoms with Crippen molar-refractivity contribution in [2.75, 3.05) is 36.5 Å². The van der Waals surface area contributed by atoms with Crippen LogP contribution in [0.3, 0.4) is 0 Å². The van der Waals surface area contributed by atoms with E-state index in [4.69, 9.17) is 19.1 Å². The Balaban J connectivity index is 1.78. The Labute approximate surface area is 227 Å². The Hall–Kier alpha value is -3.38. The van der Waals surface area contributed by atoms with Crippen LogP contribution in [0.1, 0.15) is 76.7 Å². The van der Waals surface area contributed by atoms with Crippen molar-refractivity contribution < 1.29 is 9.15 Å². The number of aromatic nitrogens is 2. The topological polar surface area (TPSA) is 63.4 Å². The number of nitrogens with one attached hydrogen (secondary N) is 1. The maximum atomic E-state index is 6.47. The van der Waals surface area contributed by atoms with Gasteiger partial charge in [-0.25, -0.2) is 4.98 Å². The first-order valence-corrected chi connectivity index (χ1v) is 14.2. The second kappa shape index (κ2) is 14.0. The van der Waals surface area contributed by atoms with Gasteiger partial charge in [-0.2, -0.15) is 4.98 Å². The van der Waals surface area contributed by atoms with Crippen LogP contribution in [0.2, 0.25) is 0 Å². The van der Waals surface area contributed by atoms with Crippen LogP contribution in [0.25, 0.3) is 22.4 Å². The molecule has 1 aromatic carbocycles. The Morgan fingerprint density at radius 1 is 1.05 bits per heavy atom. The Morgan fingerprint density at radius 3 is 2.61 bits per heavy atom. The van der Waals surface area contributed by atoms with Gasteiger partial charge in [0.1, 0.15) is 11.3 Å². The van der Waals surface area contributed by atoms with Crippen LogP contribution < -0.4 is 10.2 Å². The quantitative estimate of drug-likeness (QED) is 0.195. The molecule has 3 heterocycles. The number of nitrogens with zero attached hydrogens (tertiary/aromatic N) is 3. The molecular formula is C32H42N4O2. The van der Waals surface area contributed by atoms with Crippen molar-refractivity contribution in [2.24, 2.45) is 0 Å². The summed E-state index contributed by atoms with van der Waals surface area (Å²) in [5, 5.41) is 3.58. The standard InChI is InChI=1S/C32H42N4O2/c1-5-9-10-17-25(14-7-3)29-23-28-30(38-29)31(36-19-21-37-22-20-36)35-32(34-28)33-27(15-8-4)26-18-12-11-16-24(26)13-6-2/h7,11-12,14-18,23H,5-6,8-10,13,19-22H2,1-4H3,(H,33,34,35)/b14-7-,25-17+,27-15-. The van der Waals surface area contributed by atoms with E-state index in [0.717, 1.165) is 85.6 Å². The van der Waals surface area contributed by atoms with E-state index >= 15 is 0 Å². The van der Waals surface area contributed by atoms with E-state index in [9.17, 15) is 0 Å². The van der Waals surface area contributed by atoms with Crippen LogP contribution in [0.15, 0.2) is 59.1 Å². The summed E-state index contributed by atoms with van der Waals surface area (Å²) in [6.07, 6.45) is 15.0. The summed E-state index contributed by atoms with van der Waals surface area (Å²) in [5.74, 6) is 2.23. The van der Waals surface area contributed by atoms with E-state index < -0.39 is 0 Å². The number of benzene rings is 1. The zero-order valence-corrected chi connectivity index (χ0v) is 23.4.